The molecule has 3 rings (SSSR count). The van der Waals surface area contributed by atoms with Gasteiger partial charge in [-0.3, -0.25) is 0 Å². The average molecular weight is 248 g/mol. The fraction of sp³-hybridized carbons (Fsp3) is 0.462. The Morgan fingerprint density at radius 1 is 1.35 bits per heavy atom. The maximum atomic E-state index is 5.47. The quantitative estimate of drug-likeness (QED) is 0.836. The Balaban J connectivity index is 2.00. The molecular formula is C13H16N2OS. The van der Waals surface area contributed by atoms with E-state index in [1.54, 1.807) is 17.6 Å². The molecule has 0 saturated heterocycles. The first-order valence-corrected chi connectivity index (χ1v) is 6.69. The summed E-state index contributed by atoms with van der Waals surface area (Å²) in [5, 5.41) is 4.45. The fourth-order valence-corrected chi connectivity index (χ4v) is 3.26. The summed E-state index contributed by atoms with van der Waals surface area (Å²) >= 11 is 1.77. The van der Waals surface area contributed by atoms with Crippen molar-refractivity contribution in [2.24, 2.45) is 0 Å². The molecule has 0 aromatic carbocycles. The van der Waals surface area contributed by atoms with E-state index in [4.69, 9.17) is 9.40 Å². The molecule has 0 amide bonds. The van der Waals surface area contributed by atoms with Crippen LogP contribution < -0.4 is 5.32 Å². The largest absolute Gasteiger partial charge is 0.469 e. The Bertz CT molecular complexity index is 548. The van der Waals surface area contributed by atoms with Crippen LogP contribution in [0.25, 0.3) is 11.3 Å². The second-order valence-electron chi connectivity index (χ2n) is 5.42. The van der Waals surface area contributed by atoms with Gasteiger partial charge in [0, 0.05) is 22.4 Å². The van der Waals surface area contributed by atoms with Crippen LogP contribution in [0.4, 0.5) is 5.13 Å². The number of nitrogens with zero attached hydrogens (tertiary/aromatic N) is 1. The molecule has 0 atom stereocenters. The van der Waals surface area contributed by atoms with Gasteiger partial charge < -0.3 is 9.73 Å². The topological polar surface area (TPSA) is 38.1 Å². The van der Waals surface area contributed by atoms with Gasteiger partial charge >= 0.3 is 0 Å². The molecule has 3 nitrogen and oxygen atoms in total. The van der Waals surface area contributed by atoms with Crippen LogP contribution >= 0.6 is 11.3 Å². The third-order valence-corrected chi connectivity index (χ3v) is 3.79. The second kappa shape index (κ2) is 3.60. The number of fused-ring (bicyclic) bond motifs is 3. The zero-order valence-corrected chi connectivity index (χ0v) is 11.1. The average Bonchev–Trinajstić information content (AvgIpc) is 2.77. The predicted octanol–water partition coefficient (Wildman–Crippen LogP) is 3.71. The molecule has 0 saturated carbocycles. The molecule has 90 valence electrons. The summed E-state index contributed by atoms with van der Waals surface area (Å²) in [6.07, 6.45) is 3.79. The molecule has 1 aliphatic rings. The molecule has 1 N–H and O–H groups in total. The van der Waals surface area contributed by atoms with Gasteiger partial charge in [0.2, 0.25) is 0 Å². The van der Waals surface area contributed by atoms with Crippen LogP contribution in [0.15, 0.2) is 16.7 Å². The van der Waals surface area contributed by atoms with Crippen molar-refractivity contribution in [2.45, 2.75) is 39.2 Å². The zero-order chi connectivity index (χ0) is 12.0. The highest BCUT2D eigenvalue weighted by Gasteiger charge is 2.24. The SMILES string of the molecule is CC(C)(C)Nc1nc2c(s1)CCc1occc1-2. The van der Waals surface area contributed by atoms with E-state index in [2.05, 4.69) is 26.1 Å². The van der Waals surface area contributed by atoms with E-state index in [-0.39, 0.29) is 5.54 Å². The number of rotatable bonds is 1. The zero-order valence-electron chi connectivity index (χ0n) is 10.3. The molecule has 0 radical (unpaired) electrons. The molecule has 2 aromatic rings. The molecular weight excluding hydrogens is 232 g/mol. The standard InChI is InChI=1S/C13H16N2OS/c1-13(2,3)15-12-14-11-8-6-7-16-9(8)4-5-10(11)17-12/h6-7H,4-5H2,1-3H3,(H,14,15). The van der Waals surface area contributed by atoms with E-state index >= 15 is 0 Å². The lowest BCUT2D eigenvalue weighted by atomic mass is 10.0. The fourth-order valence-electron chi connectivity index (χ4n) is 2.08. The Labute approximate surface area is 105 Å². The third kappa shape index (κ3) is 1.97. The normalized spacial score (nSPS) is 14.3. The summed E-state index contributed by atoms with van der Waals surface area (Å²) in [6, 6.07) is 2.02. The minimum Gasteiger partial charge on any atom is -0.469 e. The molecule has 0 fully saturated rings. The highest BCUT2D eigenvalue weighted by Crippen LogP contribution is 2.39. The highest BCUT2D eigenvalue weighted by molar-refractivity contribution is 7.16. The van der Waals surface area contributed by atoms with Gasteiger partial charge in [-0.2, -0.15) is 0 Å². The van der Waals surface area contributed by atoms with Crippen molar-refractivity contribution in [3.05, 3.63) is 23.0 Å². The second-order valence-corrected chi connectivity index (χ2v) is 6.51. The summed E-state index contributed by atoms with van der Waals surface area (Å²) in [7, 11) is 0. The number of aromatic nitrogens is 1. The maximum absolute atomic E-state index is 5.47. The number of furan rings is 1. The number of hydrogen-bond donors (Lipinski definition) is 1. The number of anilines is 1. The van der Waals surface area contributed by atoms with Crippen molar-refractivity contribution in [2.75, 3.05) is 5.32 Å². The molecule has 0 aliphatic heterocycles. The Morgan fingerprint density at radius 3 is 2.94 bits per heavy atom. The first kappa shape index (κ1) is 10.8. The number of aryl methyl sites for hydroxylation is 2. The molecule has 2 aromatic heterocycles. The smallest absolute Gasteiger partial charge is 0.183 e. The van der Waals surface area contributed by atoms with Crippen LogP contribution in [-0.4, -0.2) is 10.5 Å². The molecule has 0 bridgehead atoms. The van der Waals surface area contributed by atoms with Gasteiger partial charge in [-0.1, -0.05) is 0 Å². The molecule has 17 heavy (non-hydrogen) atoms. The van der Waals surface area contributed by atoms with E-state index in [0.29, 0.717) is 0 Å². The third-order valence-electron chi connectivity index (χ3n) is 2.76. The van der Waals surface area contributed by atoms with E-state index in [0.717, 1.165) is 29.4 Å². The van der Waals surface area contributed by atoms with E-state index < -0.39 is 0 Å². The lowest BCUT2D eigenvalue weighted by Crippen LogP contribution is -2.25. The minimum atomic E-state index is 0.0552. The van der Waals surface area contributed by atoms with Crippen LogP contribution in [0.2, 0.25) is 0 Å². The van der Waals surface area contributed by atoms with Crippen molar-refractivity contribution >= 4 is 16.5 Å². The minimum absolute atomic E-state index is 0.0552. The van der Waals surface area contributed by atoms with Gasteiger partial charge in [0.05, 0.1) is 12.0 Å². The summed E-state index contributed by atoms with van der Waals surface area (Å²) < 4.78 is 5.47. The monoisotopic (exact) mass is 248 g/mol. The molecule has 2 heterocycles. The van der Waals surface area contributed by atoms with Crippen molar-refractivity contribution < 1.29 is 4.42 Å². The number of hydrogen-bond acceptors (Lipinski definition) is 4. The van der Waals surface area contributed by atoms with E-state index in [9.17, 15) is 0 Å². The highest BCUT2D eigenvalue weighted by atomic mass is 32.1. The van der Waals surface area contributed by atoms with Gasteiger partial charge in [0.1, 0.15) is 5.76 Å². The van der Waals surface area contributed by atoms with Gasteiger partial charge in [-0.15, -0.1) is 11.3 Å². The maximum Gasteiger partial charge on any atom is 0.183 e. The van der Waals surface area contributed by atoms with E-state index in [1.165, 1.54) is 10.4 Å². The number of nitrogens with one attached hydrogen (secondary N) is 1. The summed E-state index contributed by atoms with van der Waals surface area (Å²) in [4.78, 5) is 6.06. The molecule has 4 heteroatoms. The van der Waals surface area contributed by atoms with Gasteiger partial charge in [0.25, 0.3) is 0 Å². The van der Waals surface area contributed by atoms with E-state index in [1.807, 2.05) is 6.07 Å². The molecule has 0 spiro atoms. The van der Waals surface area contributed by atoms with Crippen molar-refractivity contribution in [3.63, 3.8) is 0 Å². The van der Waals surface area contributed by atoms with Crippen molar-refractivity contribution in [3.8, 4) is 11.3 Å². The first-order chi connectivity index (χ1) is 8.03. The van der Waals surface area contributed by atoms with Gasteiger partial charge in [0.15, 0.2) is 5.13 Å². The van der Waals surface area contributed by atoms with Gasteiger partial charge in [-0.25, -0.2) is 4.98 Å². The lowest BCUT2D eigenvalue weighted by Gasteiger charge is -2.19. The Hall–Kier alpha value is -1.29. The Kier molecular flexibility index (Phi) is 2.30. The molecule has 0 unspecified atom stereocenters. The summed E-state index contributed by atoms with van der Waals surface area (Å²) in [5.41, 5.74) is 2.33. The summed E-state index contributed by atoms with van der Waals surface area (Å²) in [6.45, 7) is 6.45. The van der Waals surface area contributed by atoms with Crippen LogP contribution in [0, 0.1) is 0 Å². The molecule has 1 aliphatic carbocycles. The van der Waals surface area contributed by atoms with Crippen molar-refractivity contribution in [1.82, 2.24) is 4.98 Å². The van der Waals surface area contributed by atoms with Crippen LogP contribution in [-0.2, 0) is 12.8 Å². The lowest BCUT2D eigenvalue weighted by molar-refractivity contribution is 0.508. The number of thiazole rings is 1. The van der Waals surface area contributed by atoms with Crippen LogP contribution in [0.3, 0.4) is 0 Å². The van der Waals surface area contributed by atoms with Gasteiger partial charge in [-0.05, 0) is 33.3 Å². The van der Waals surface area contributed by atoms with Crippen LogP contribution in [0.1, 0.15) is 31.4 Å². The summed E-state index contributed by atoms with van der Waals surface area (Å²) in [5.74, 6) is 1.07. The predicted molar refractivity (Wildman–Crippen MR) is 70.6 cm³/mol. The first-order valence-electron chi connectivity index (χ1n) is 5.87. The Morgan fingerprint density at radius 2 is 2.18 bits per heavy atom. The van der Waals surface area contributed by atoms with Crippen LogP contribution in [0.5, 0.6) is 0 Å². The van der Waals surface area contributed by atoms with Crippen molar-refractivity contribution in [1.29, 1.82) is 0 Å².